The van der Waals surface area contributed by atoms with E-state index in [4.69, 9.17) is 4.74 Å². The minimum atomic E-state index is -0.428. The maximum absolute atomic E-state index is 13.6. The molecule has 0 fully saturated rings. The van der Waals surface area contributed by atoms with Gasteiger partial charge in [-0.25, -0.2) is 4.79 Å². The van der Waals surface area contributed by atoms with Gasteiger partial charge in [0.1, 0.15) is 11.9 Å². The van der Waals surface area contributed by atoms with Gasteiger partial charge in [0.2, 0.25) is 5.91 Å². The quantitative estimate of drug-likeness (QED) is 0.427. The van der Waals surface area contributed by atoms with Crippen molar-refractivity contribution in [1.82, 2.24) is 14.7 Å². The van der Waals surface area contributed by atoms with Crippen LogP contribution in [-0.2, 0) is 4.79 Å². The lowest BCUT2D eigenvalue weighted by Gasteiger charge is -2.38. The minimum Gasteiger partial charge on any atom is -0.487 e. The van der Waals surface area contributed by atoms with Crippen molar-refractivity contribution in [3.05, 3.63) is 54.1 Å². The number of anilines is 2. The molecule has 3 atom stereocenters. The third-order valence-corrected chi connectivity index (χ3v) is 6.78. The SMILES string of the molecule is C[C@H]1CN([C@@H](C)CO)C(=O)c2cc(NC(=O)CCCN(C)C)ccc2O[C@@H]1CN(C)C(=O)Nc1ccccc1. The average molecular weight is 540 g/mol. The molecular weight excluding hydrogens is 498 g/mol. The number of hydrogen-bond donors (Lipinski definition) is 3. The predicted molar refractivity (Wildman–Crippen MR) is 152 cm³/mol. The molecule has 39 heavy (non-hydrogen) atoms. The van der Waals surface area contributed by atoms with Crippen LogP contribution in [0.2, 0.25) is 0 Å². The van der Waals surface area contributed by atoms with E-state index in [9.17, 15) is 19.5 Å². The van der Waals surface area contributed by atoms with Gasteiger partial charge in [0.05, 0.1) is 24.8 Å². The fourth-order valence-corrected chi connectivity index (χ4v) is 4.39. The molecule has 2 aromatic carbocycles. The highest BCUT2D eigenvalue weighted by Crippen LogP contribution is 2.31. The molecular formula is C29H41N5O5. The van der Waals surface area contributed by atoms with Gasteiger partial charge >= 0.3 is 6.03 Å². The number of aliphatic hydroxyl groups excluding tert-OH is 1. The number of likely N-dealkylation sites (N-methyl/N-ethyl adjacent to an activating group) is 1. The Kier molecular flexibility index (Phi) is 10.7. The van der Waals surface area contributed by atoms with Crippen molar-refractivity contribution in [1.29, 1.82) is 0 Å². The zero-order valence-corrected chi connectivity index (χ0v) is 23.5. The zero-order valence-electron chi connectivity index (χ0n) is 23.5. The summed E-state index contributed by atoms with van der Waals surface area (Å²) >= 11 is 0. The maximum atomic E-state index is 13.6. The first kappa shape index (κ1) is 29.9. The van der Waals surface area contributed by atoms with Gasteiger partial charge in [-0.2, -0.15) is 0 Å². The Morgan fingerprint density at radius 3 is 2.49 bits per heavy atom. The number of ether oxygens (including phenoxy) is 1. The molecule has 10 heteroatoms. The summed E-state index contributed by atoms with van der Waals surface area (Å²) in [4.78, 5) is 44.1. The molecule has 0 saturated carbocycles. The Morgan fingerprint density at radius 1 is 1.10 bits per heavy atom. The number of amides is 4. The van der Waals surface area contributed by atoms with Crippen LogP contribution in [0.4, 0.5) is 16.2 Å². The number of benzene rings is 2. The topological polar surface area (TPSA) is 114 Å². The number of fused-ring (bicyclic) bond motifs is 1. The largest absolute Gasteiger partial charge is 0.487 e. The first-order valence-electron chi connectivity index (χ1n) is 13.3. The van der Waals surface area contributed by atoms with Crippen molar-refractivity contribution < 1.29 is 24.2 Å². The number of nitrogens with zero attached hydrogens (tertiary/aromatic N) is 3. The van der Waals surface area contributed by atoms with E-state index in [2.05, 4.69) is 10.6 Å². The van der Waals surface area contributed by atoms with Crippen LogP contribution in [0.3, 0.4) is 0 Å². The molecule has 1 aliphatic heterocycles. The molecule has 1 aliphatic rings. The number of para-hydroxylation sites is 1. The van der Waals surface area contributed by atoms with E-state index in [0.717, 1.165) is 13.0 Å². The maximum Gasteiger partial charge on any atom is 0.321 e. The van der Waals surface area contributed by atoms with Gasteiger partial charge in [-0.3, -0.25) is 9.59 Å². The standard InChI is InChI=1S/C29H41N5O5/c1-20-17-34(21(2)19-35)28(37)24-16-23(30-27(36)12-9-15-32(3)4)13-14-25(24)39-26(20)18-33(5)29(38)31-22-10-7-6-8-11-22/h6-8,10-11,13-14,16,20-21,26,35H,9,12,15,17-19H2,1-5H3,(H,30,36)(H,31,38)/t20-,21-,26+/m0/s1. The summed E-state index contributed by atoms with van der Waals surface area (Å²) in [6.45, 7) is 4.97. The Balaban J connectivity index is 1.81. The van der Waals surface area contributed by atoms with Gasteiger partial charge in [-0.1, -0.05) is 25.1 Å². The van der Waals surface area contributed by atoms with Gasteiger partial charge < -0.3 is 35.2 Å². The molecule has 10 nitrogen and oxygen atoms in total. The molecule has 0 radical (unpaired) electrons. The molecule has 0 bridgehead atoms. The van der Waals surface area contributed by atoms with Gasteiger partial charge in [0, 0.05) is 37.3 Å². The van der Waals surface area contributed by atoms with Crippen molar-refractivity contribution in [2.45, 2.75) is 38.8 Å². The number of urea groups is 1. The number of rotatable bonds is 10. The second-order valence-electron chi connectivity index (χ2n) is 10.5. The zero-order chi connectivity index (χ0) is 28.5. The fraction of sp³-hybridized carbons (Fsp3) is 0.483. The summed E-state index contributed by atoms with van der Waals surface area (Å²) in [7, 11) is 5.61. The van der Waals surface area contributed by atoms with Crippen molar-refractivity contribution in [3.63, 3.8) is 0 Å². The van der Waals surface area contributed by atoms with Crippen LogP contribution in [0.25, 0.3) is 0 Å². The van der Waals surface area contributed by atoms with Crippen molar-refractivity contribution in [2.75, 3.05) is 58.0 Å². The summed E-state index contributed by atoms with van der Waals surface area (Å²) in [5.74, 6) is -0.182. The lowest BCUT2D eigenvalue weighted by atomic mass is 9.99. The Hall–Kier alpha value is -3.63. The Labute approximate surface area is 230 Å². The minimum absolute atomic E-state index is 0.130. The molecule has 212 valence electrons. The monoisotopic (exact) mass is 539 g/mol. The smallest absolute Gasteiger partial charge is 0.321 e. The lowest BCUT2D eigenvalue weighted by molar-refractivity contribution is -0.116. The second kappa shape index (κ2) is 14.0. The van der Waals surface area contributed by atoms with Gasteiger partial charge in [-0.15, -0.1) is 0 Å². The Bertz CT molecular complexity index is 1130. The number of nitrogens with one attached hydrogen (secondary N) is 2. The van der Waals surface area contributed by atoms with E-state index in [0.29, 0.717) is 35.7 Å². The number of carbonyl (C=O) groups excluding carboxylic acids is 3. The Morgan fingerprint density at radius 2 is 1.82 bits per heavy atom. The normalized spacial score (nSPS) is 17.9. The molecule has 0 saturated heterocycles. The summed E-state index contributed by atoms with van der Waals surface area (Å²) in [6, 6.07) is 13.5. The van der Waals surface area contributed by atoms with Crippen LogP contribution >= 0.6 is 0 Å². The van der Waals surface area contributed by atoms with Crippen LogP contribution < -0.4 is 15.4 Å². The van der Waals surface area contributed by atoms with Crippen LogP contribution in [0.15, 0.2) is 48.5 Å². The summed E-state index contributed by atoms with van der Waals surface area (Å²) < 4.78 is 6.35. The molecule has 3 rings (SSSR count). The lowest BCUT2D eigenvalue weighted by Crippen LogP contribution is -2.50. The van der Waals surface area contributed by atoms with Crippen molar-refractivity contribution >= 4 is 29.2 Å². The third-order valence-electron chi connectivity index (χ3n) is 6.78. The van der Waals surface area contributed by atoms with Gasteiger partial charge in [0.15, 0.2) is 0 Å². The van der Waals surface area contributed by atoms with E-state index < -0.39 is 12.1 Å². The highest BCUT2D eigenvalue weighted by Gasteiger charge is 2.34. The third kappa shape index (κ3) is 8.43. The molecule has 0 spiro atoms. The molecule has 3 N–H and O–H groups in total. The second-order valence-corrected chi connectivity index (χ2v) is 10.5. The summed E-state index contributed by atoms with van der Waals surface area (Å²) in [5.41, 5.74) is 1.49. The molecule has 0 unspecified atom stereocenters. The van der Waals surface area contributed by atoms with E-state index in [-0.39, 0.29) is 36.9 Å². The molecule has 2 aromatic rings. The molecule has 1 heterocycles. The molecule has 4 amide bonds. The van der Waals surface area contributed by atoms with E-state index >= 15 is 0 Å². The van der Waals surface area contributed by atoms with E-state index in [1.54, 1.807) is 42.0 Å². The highest BCUT2D eigenvalue weighted by atomic mass is 16.5. The van der Waals surface area contributed by atoms with Crippen LogP contribution in [0, 0.1) is 5.92 Å². The van der Waals surface area contributed by atoms with Crippen molar-refractivity contribution in [2.24, 2.45) is 5.92 Å². The van der Waals surface area contributed by atoms with E-state index in [1.807, 2.05) is 56.3 Å². The van der Waals surface area contributed by atoms with Crippen LogP contribution in [0.5, 0.6) is 5.75 Å². The van der Waals surface area contributed by atoms with E-state index in [1.165, 1.54) is 0 Å². The van der Waals surface area contributed by atoms with Gasteiger partial charge in [-0.05, 0) is 64.3 Å². The first-order valence-corrected chi connectivity index (χ1v) is 13.3. The van der Waals surface area contributed by atoms with Gasteiger partial charge in [0.25, 0.3) is 5.91 Å². The average Bonchev–Trinajstić information content (AvgIpc) is 2.90. The number of aliphatic hydroxyl groups is 1. The van der Waals surface area contributed by atoms with Crippen LogP contribution in [0.1, 0.15) is 37.0 Å². The highest BCUT2D eigenvalue weighted by molar-refractivity contribution is 6.00. The summed E-state index contributed by atoms with van der Waals surface area (Å²) in [6.07, 6.45) is 0.659. The molecule has 0 aromatic heterocycles. The van der Waals surface area contributed by atoms with Crippen LogP contribution in [-0.4, -0.2) is 97.2 Å². The number of hydrogen-bond acceptors (Lipinski definition) is 6. The number of carbonyl (C=O) groups is 3. The predicted octanol–water partition coefficient (Wildman–Crippen LogP) is 3.35. The first-order chi connectivity index (χ1) is 18.6. The fourth-order valence-electron chi connectivity index (χ4n) is 4.39. The summed E-state index contributed by atoms with van der Waals surface area (Å²) in [5, 5.41) is 15.6. The molecule has 0 aliphatic carbocycles. The van der Waals surface area contributed by atoms with Crippen molar-refractivity contribution in [3.8, 4) is 5.75 Å².